The van der Waals surface area contributed by atoms with Crippen molar-refractivity contribution >= 4 is 34.9 Å². The zero-order chi connectivity index (χ0) is 14.7. The molecule has 0 heterocycles. The topological polar surface area (TPSA) is 49.3 Å². The molecule has 6 heteroatoms. The molecule has 0 bridgehead atoms. The monoisotopic (exact) mass is 313 g/mol. The minimum atomic E-state index is -1.29. The van der Waals surface area contributed by atoms with Crippen LogP contribution in [-0.2, 0) is 4.79 Å². The predicted octanol–water partition coefficient (Wildman–Crippen LogP) is 4.37. The summed E-state index contributed by atoms with van der Waals surface area (Å²) in [6.45, 7) is 0. The molecule has 0 saturated carbocycles. The summed E-state index contributed by atoms with van der Waals surface area (Å²) < 4.78 is 13.8. The van der Waals surface area contributed by atoms with Crippen LogP contribution >= 0.6 is 23.2 Å². The van der Waals surface area contributed by atoms with Gasteiger partial charge in [0.2, 0.25) is 0 Å². The quantitative estimate of drug-likeness (QED) is 0.881. The summed E-state index contributed by atoms with van der Waals surface area (Å²) in [6, 6.07) is 9.16. The van der Waals surface area contributed by atoms with E-state index in [0.29, 0.717) is 10.7 Å². The molecule has 0 saturated heterocycles. The second-order valence-corrected chi connectivity index (χ2v) is 4.90. The first-order valence-corrected chi connectivity index (χ1v) is 6.43. The van der Waals surface area contributed by atoms with E-state index in [2.05, 4.69) is 5.32 Å². The summed E-state index contributed by atoms with van der Waals surface area (Å²) in [6.07, 6.45) is 0. The van der Waals surface area contributed by atoms with Crippen molar-refractivity contribution in [2.75, 3.05) is 5.32 Å². The van der Waals surface area contributed by atoms with E-state index in [0.717, 1.165) is 0 Å². The summed E-state index contributed by atoms with van der Waals surface area (Å²) in [5.74, 6) is -1.90. The fourth-order valence-corrected chi connectivity index (χ4v) is 2.15. The lowest BCUT2D eigenvalue weighted by atomic mass is 10.1. The maximum Gasteiger partial charge on any atom is 0.330 e. The Morgan fingerprint density at radius 3 is 2.35 bits per heavy atom. The van der Waals surface area contributed by atoms with Crippen LogP contribution in [0.25, 0.3) is 0 Å². The molecule has 2 aromatic rings. The van der Waals surface area contributed by atoms with Crippen molar-refractivity contribution < 1.29 is 14.3 Å². The Morgan fingerprint density at radius 2 is 1.80 bits per heavy atom. The van der Waals surface area contributed by atoms with Gasteiger partial charge in [-0.1, -0.05) is 29.3 Å². The fourth-order valence-electron chi connectivity index (χ4n) is 1.76. The lowest BCUT2D eigenvalue weighted by Gasteiger charge is -2.18. The molecule has 104 valence electrons. The van der Waals surface area contributed by atoms with Gasteiger partial charge in [-0.2, -0.15) is 0 Å². The summed E-state index contributed by atoms with van der Waals surface area (Å²) >= 11 is 11.6. The number of carboxylic acid groups (broad SMARTS) is 1. The van der Waals surface area contributed by atoms with Crippen molar-refractivity contribution in [3.8, 4) is 0 Å². The molecule has 0 aliphatic carbocycles. The number of anilines is 1. The molecule has 2 rings (SSSR count). The number of nitrogens with one attached hydrogen (secondary N) is 1. The highest BCUT2D eigenvalue weighted by molar-refractivity contribution is 6.31. The van der Waals surface area contributed by atoms with Crippen LogP contribution in [0.15, 0.2) is 42.5 Å². The summed E-state index contributed by atoms with van der Waals surface area (Å²) in [5, 5.41) is 12.6. The lowest BCUT2D eigenvalue weighted by molar-refractivity contribution is -0.138. The molecule has 0 amide bonds. The van der Waals surface area contributed by atoms with E-state index < -0.39 is 17.8 Å². The van der Waals surface area contributed by atoms with Gasteiger partial charge in [0.25, 0.3) is 0 Å². The van der Waals surface area contributed by atoms with Gasteiger partial charge in [0, 0.05) is 21.3 Å². The molecule has 0 fully saturated rings. The number of aliphatic carboxylic acids is 1. The molecule has 0 spiro atoms. The SMILES string of the molecule is O=C(O)C(Nc1ccc(Cl)cc1)c1c(F)cccc1Cl. The van der Waals surface area contributed by atoms with Crippen LogP contribution in [0, 0.1) is 5.82 Å². The Kier molecular flexibility index (Phi) is 4.47. The highest BCUT2D eigenvalue weighted by Gasteiger charge is 2.25. The van der Waals surface area contributed by atoms with Crippen molar-refractivity contribution in [1.82, 2.24) is 0 Å². The first-order chi connectivity index (χ1) is 9.49. The molecule has 3 nitrogen and oxygen atoms in total. The van der Waals surface area contributed by atoms with E-state index in [1.165, 1.54) is 18.2 Å². The summed E-state index contributed by atoms with van der Waals surface area (Å²) in [5.41, 5.74) is 0.401. The van der Waals surface area contributed by atoms with Gasteiger partial charge in [-0.05, 0) is 36.4 Å². The number of rotatable bonds is 4. The van der Waals surface area contributed by atoms with E-state index in [4.69, 9.17) is 23.2 Å². The number of benzene rings is 2. The van der Waals surface area contributed by atoms with E-state index in [9.17, 15) is 14.3 Å². The van der Waals surface area contributed by atoms with Crippen molar-refractivity contribution in [1.29, 1.82) is 0 Å². The van der Waals surface area contributed by atoms with E-state index in [-0.39, 0.29) is 10.6 Å². The van der Waals surface area contributed by atoms with Gasteiger partial charge >= 0.3 is 5.97 Å². The minimum Gasteiger partial charge on any atom is -0.479 e. The minimum absolute atomic E-state index is 0.0545. The Balaban J connectivity index is 2.37. The van der Waals surface area contributed by atoms with Gasteiger partial charge in [0.05, 0.1) is 0 Å². The number of halogens is 3. The smallest absolute Gasteiger partial charge is 0.330 e. The van der Waals surface area contributed by atoms with Crippen molar-refractivity contribution in [2.45, 2.75) is 6.04 Å². The fraction of sp³-hybridized carbons (Fsp3) is 0.0714. The zero-order valence-corrected chi connectivity index (χ0v) is 11.6. The highest BCUT2D eigenvalue weighted by Crippen LogP contribution is 2.29. The second-order valence-electron chi connectivity index (χ2n) is 4.06. The summed E-state index contributed by atoms with van der Waals surface area (Å²) in [4.78, 5) is 11.4. The van der Waals surface area contributed by atoms with E-state index in [1.54, 1.807) is 24.3 Å². The molecule has 1 unspecified atom stereocenters. The van der Waals surface area contributed by atoms with Gasteiger partial charge in [0.1, 0.15) is 5.82 Å². The van der Waals surface area contributed by atoms with Crippen LogP contribution in [0.5, 0.6) is 0 Å². The van der Waals surface area contributed by atoms with Crippen molar-refractivity contribution in [2.24, 2.45) is 0 Å². The molecule has 2 aromatic carbocycles. The van der Waals surface area contributed by atoms with Crippen molar-refractivity contribution in [3.05, 3.63) is 63.9 Å². The Bertz CT molecular complexity index is 611. The third-order valence-electron chi connectivity index (χ3n) is 2.69. The van der Waals surface area contributed by atoms with E-state index in [1.807, 2.05) is 0 Å². The maximum absolute atomic E-state index is 13.8. The standard InChI is InChI=1S/C14H10Cl2FNO2/c15-8-4-6-9(7-5-8)18-13(14(19)20)12-10(16)2-1-3-11(12)17/h1-7,13,18H,(H,19,20). The molecule has 0 aromatic heterocycles. The zero-order valence-electron chi connectivity index (χ0n) is 10.1. The van der Waals surface area contributed by atoms with Crippen LogP contribution in [0.3, 0.4) is 0 Å². The third kappa shape index (κ3) is 3.21. The average molecular weight is 314 g/mol. The van der Waals surface area contributed by atoms with Crippen LogP contribution in [0.1, 0.15) is 11.6 Å². The molecule has 1 atom stereocenters. The highest BCUT2D eigenvalue weighted by atomic mass is 35.5. The number of hydrogen-bond acceptors (Lipinski definition) is 2. The first kappa shape index (κ1) is 14.6. The second kappa shape index (κ2) is 6.11. The normalized spacial score (nSPS) is 11.9. The number of hydrogen-bond donors (Lipinski definition) is 2. The van der Waals surface area contributed by atoms with Gasteiger partial charge in [-0.25, -0.2) is 9.18 Å². The van der Waals surface area contributed by atoms with E-state index >= 15 is 0 Å². The van der Waals surface area contributed by atoms with Crippen LogP contribution in [0.4, 0.5) is 10.1 Å². The van der Waals surface area contributed by atoms with Crippen LogP contribution in [-0.4, -0.2) is 11.1 Å². The lowest BCUT2D eigenvalue weighted by Crippen LogP contribution is -2.22. The maximum atomic E-state index is 13.8. The number of carboxylic acids is 1. The van der Waals surface area contributed by atoms with Gasteiger partial charge in [-0.3, -0.25) is 0 Å². The molecule has 0 aliphatic heterocycles. The van der Waals surface area contributed by atoms with Crippen LogP contribution < -0.4 is 5.32 Å². The molecule has 0 aliphatic rings. The van der Waals surface area contributed by atoms with Gasteiger partial charge in [0.15, 0.2) is 6.04 Å². The number of carbonyl (C=O) groups is 1. The summed E-state index contributed by atoms with van der Waals surface area (Å²) in [7, 11) is 0. The predicted molar refractivity (Wildman–Crippen MR) is 76.9 cm³/mol. The molecule has 20 heavy (non-hydrogen) atoms. The molecular formula is C14H10Cl2FNO2. The Hall–Kier alpha value is -1.78. The Morgan fingerprint density at radius 1 is 1.15 bits per heavy atom. The third-order valence-corrected chi connectivity index (χ3v) is 3.27. The molecule has 2 N–H and O–H groups in total. The Labute approximate surface area is 124 Å². The van der Waals surface area contributed by atoms with Crippen molar-refractivity contribution in [3.63, 3.8) is 0 Å². The largest absolute Gasteiger partial charge is 0.479 e. The molecular weight excluding hydrogens is 304 g/mol. The average Bonchev–Trinajstić information content (AvgIpc) is 2.39. The molecule has 0 radical (unpaired) electrons. The van der Waals surface area contributed by atoms with Crippen LogP contribution in [0.2, 0.25) is 10.0 Å². The first-order valence-electron chi connectivity index (χ1n) is 5.68. The van der Waals surface area contributed by atoms with Gasteiger partial charge < -0.3 is 10.4 Å². The van der Waals surface area contributed by atoms with Gasteiger partial charge in [-0.15, -0.1) is 0 Å².